The van der Waals surface area contributed by atoms with Gasteiger partial charge in [0.05, 0.1) is 6.61 Å². The zero-order chi connectivity index (χ0) is 20.4. The van der Waals surface area contributed by atoms with Crippen LogP contribution >= 0.6 is 8.58 Å². The topological polar surface area (TPSA) is 26.3 Å². The summed E-state index contributed by atoms with van der Waals surface area (Å²) in [5, 5.41) is 1.09. The Labute approximate surface area is 184 Å². The summed E-state index contributed by atoms with van der Waals surface area (Å²) in [6.07, 6.45) is 0. The average Bonchev–Trinajstić information content (AvgIpc) is 2.53. The SMILES string of the molecule is Cc1cc(OCC(C)C)ccc1PC(=O)c1c(C)cc(C(C)(C)C)cc1C.[Li]. The van der Waals surface area contributed by atoms with Crippen molar-refractivity contribution in [2.45, 2.75) is 60.8 Å². The molecule has 0 saturated heterocycles. The average molecular weight is 391 g/mol. The Kier molecular flexibility index (Phi) is 9.02. The number of carbonyl (C=O) groups is 1. The quantitative estimate of drug-likeness (QED) is 0.466. The fourth-order valence-electron chi connectivity index (χ4n) is 3.07. The van der Waals surface area contributed by atoms with Crippen LogP contribution in [-0.4, -0.2) is 31.0 Å². The Morgan fingerprint density at radius 1 is 1.00 bits per heavy atom. The van der Waals surface area contributed by atoms with E-state index >= 15 is 0 Å². The first kappa shape index (κ1) is 25.0. The molecule has 0 N–H and O–H groups in total. The molecule has 0 aliphatic carbocycles. The first-order chi connectivity index (χ1) is 12.5. The summed E-state index contributed by atoms with van der Waals surface area (Å²) >= 11 is 0. The Balaban J connectivity index is 0.00000392. The summed E-state index contributed by atoms with van der Waals surface area (Å²) in [6, 6.07) is 10.4. The van der Waals surface area contributed by atoms with Crippen LogP contribution in [0.15, 0.2) is 30.3 Å². The van der Waals surface area contributed by atoms with E-state index in [2.05, 4.69) is 67.5 Å². The Morgan fingerprint density at radius 3 is 2.04 bits per heavy atom. The van der Waals surface area contributed by atoms with Crippen LogP contribution in [0.2, 0.25) is 0 Å². The molecular weight excluding hydrogens is 358 g/mol. The molecule has 0 spiro atoms. The first-order valence-electron chi connectivity index (χ1n) is 9.65. The molecule has 1 atom stereocenters. The van der Waals surface area contributed by atoms with Crippen molar-refractivity contribution >= 4 is 38.3 Å². The minimum atomic E-state index is 0. The van der Waals surface area contributed by atoms with Gasteiger partial charge in [0.2, 0.25) is 0 Å². The van der Waals surface area contributed by atoms with E-state index in [0.717, 1.165) is 33.3 Å². The largest absolute Gasteiger partial charge is 0.493 e. The minimum Gasteiger partial charge on any atom is -0.493 e. The monoisotopic (exact) mass is 391 g/mol. The fourth-order valence-corrected chi connectivity index (χ4v) is 4.27. The van der Waals surface area contributed by atoms with Crippen molar-refractivity contribution in [3.8, 4) is 5.75 Å². The van der Waals surface area contributed by atoms with Crippen molar-refractivity contribution in [2.75, 3.05) is 6.61 Å². The van der Waals surface area contributed by atoms with Crippen LogP contribution in [0.1, 0.15) is 67.2 Å². The van der Waals surface area contributed by atoms with Crippen LogP contribution in [0, 0.1) is 26.7 Å². The van der Waals surface area contributed by atoms with E-state index < -0.39 is 0 Å². The molecule has 0 heterocycles. The van der Waals surface area contributed by atoms with Crippen LogP contribution in [0.4, 0.5) is 0 Å². The molecule has 0 amide bonds. The Bertz CT molecular complexity index is 812. The summed E-state index contributed by atoms with van der Waals surface area (Å²) < 4.78 is 5.79. The van der Waals surface area contributed by atoms with Crippen molar-refractivity contribution in [1.82, 2.24) is 0 Å². The first-order valence-corrected chi connectivity index (χ1v) is 10.7. The van der Waals surface area contributed by atoms with Gasteiger partial charge in [-0.2, -0.15) is 0 Å². The number of hydrogen-bond donors (Lipinski definition) is 0. The van der Waals surface area contributed by atoms with Crippen LogP contribution in [0.25, 0.3) is 0 Å². The van der Waals surface area contributed by atoms with Gasteiger partial charge >= 0.3 is 0 Å². The molecule has 147 valence electrons. The number of hydrogen-bond acceptors (Lipinski definition) is 2. The molecule has 28 heavy (non-hydrogen) atoms. The number of carbonyl (C=O) groups excluding carboxylic acids is 1. The van der Waals surface area contributed by atoms with Gasteiger partial charge in [-0.1, -0.05) is 52.8 Å². The molecule has 2 rings (SSSR count). The maximum absolute atomic E-state index is 13.0. The molecule has 0 aliphatic rings. The van der Waals surface area contributed by atoms with Gasteiger partial charge in [0, 0.05) is 24.4 Å². The second-order valence-corrected chi connectivity index (χ2v) is 10.1. The standard InChI is InChI=1S/C24H33O2P.Li/c1-15(2)14-26-20-9-10-21(16(3)13-20)27-23(25)22-17(4)11-19(12-18(22)5)24(6,7)8;/h9-13,15,27H,14H2,1-8H3;. The van der Waals surface area contributed by atoms with Gasteiger partial charge in [-0.05, 0) is 80.4 Å². The van der Waals surface area contributed by atoms with E-state index in [9.17, 15) is 4.79 Å². The Morgan fingerprint density at radius 2 is 1.57 bits per heavy atom. The van der Waals surface area contributed by atoms with E-state index in [4.69, 9.17) is 4.74 Å². The third-order valence-electron chi connectivity index (χ3n) is 4.66. The van der Waals surface area contributed by atoms with Gasteiger partial charge in [-0.3, -0.25) is 4.79 Å². The molecule has 0 fully saturated rings. The maximum atomic E-state index is 13.0. The van der Waals surface area contributed by atoms with Crippen molar-refractivity contribution in [1.29, 1.82) is 0 Å². The summed E-state index contributed by atoms with van der Waals surface area (Å²) in [5.41, 5.74) is 5.72. The third kappa shape index (κ3) is 6.49. The fraction of sp³-hybridized carbons (Fsp3) is 0.458. The van der Waals surface area contributed by atoms with E-state index in [1.54, 1.807) is 0 Å². The molecule has 0 aliphatic heterocycles. The van der Waals surface area contributed by atoms with Gasteiger partial charge in [0.1, 0.15) is 5.75 Å². The van der Waals surface area contributed by atoms with Crippen molar-refractivity contribution in [2.24, 2.45) is 5.92 Å². The van der Waals surface area contributed by atoms with Crippen molar-refractivity contribution in [3.05, 3.63) is 58.1 Å². The van der Waals surface area contributed by atoms with E-state index in [1.165, 1.54) is 5.56 Å². The molecule has 2 nitrogen and oxygen atoms in total. The second-order valence-electron chi connectivity index (χ2n) is 8.87. The predicted molar refractivity (Wildman–Crippen MR) is 124 cm³/mol. The normalized spacial score (nSPS) is 11.8. The molecule has 0 saturated carbocycles. The van der Waals surface area contributed by atoms with Gasteiger partial charge in [0.25, 0.3) is 0 Å². The Hall–Kier alpha value is -1.06. The molecular formula is C24H33LiO2P. The summed E-state index contributed by atoms with van der Waals surface area (Å²) in [5.74, 6) is 1.37. The van der Waals surface area contributed by atoms with E-state index in [1.807, 2.05) is 18.2 Å². The van der Waals surface area contributed by atoms with Crippen LogP contribution in [0.3, 0.4) is 0 Å². The number of ether oxygens (including phenoxy) is 1. The predicted octanol–water partition coefficient (Wildman–Crippen LogP) is 5.71. The van der Waals surface area contributed by atoms with Gasteiger partial charge in [0.15, 0.2) is 5.52 Å². The summed E-state index contributed by atoms with van der Waals surface area (Å²) in [6.45, 7) is 17.8. The smallest absolute Gasteiger partial charge is 0.186 e. The van der Waals surface area contributed by atoms with Crippen LogP contribution < -0.4 is 10.0 Å². The third-order valence-corrected chi connectivity index (χ3v) is 5.96. The second kappa shape index (κ2) is 10.1. The van der Waals surface area contributed by atoms with Crippen molar-refractivity contribution < 1.29 is 9.53 Å². The zero-order valence-corrected chi connectivity index (χ0v) is 20.0. The van der Waals surface area contributed by atoms with Gasteiger partial charge in [-0.25, -0.2) is 0 Å². The van der Waals surface area contributed by atoms with Gasteiger partial charge < -0.3 is 4.74 Å². The summed E-state index contributed by atoms with van der Waals surface area (Å²) in [7, 11) is 0.130. The van der Waals surface area contributed by atoms with E-state index in [0.29, 0.717) is 12.5 Å². The molecule has 0 aromatic heterocycles. The number of aryl methyl sites for hydroxylation is 3. The molecule has 2 aromatic rings. The van der Waals surface area contributed by atoms with Crippen LogP contribution in [0.5, 0.6) is 5.75 Å². The van der Waals surface area contributed by atoms with Gasteiger partial charge in [-0.15, -0.1) is 0 Å². The molecule has 1 unspecified atom stereocenters. The van der Waals surface area contributed by atoms with Crippen LogP contribution in [-0.2, 0) is 5.41 Å². The molecule has 4 heteroatoms. The van der Waals surface area contributed by atoms with E-state index in [-0.39, 0.29) is 38.4 Å². The number of rotatable bonds is 6. The molecule has 1 radical (unpaired) electrons. The minimum absolute atomic E-state index is 0. The molecule has 2 aromatic carbocycles. The molecule has 0 bridgehead atoms. The maximum Gasteiger partial charge on any atom is 0.186 e. The zero-order valence-electron chi connectivity index (χ0n) is 19.0. The number of benzene rings is 2. The van der Waals surface area contributed by atoms with Crippen molar-refractivity contribution in [3.63, 3.8) is 0 Å². The summed E-state index contributed by atoms with van der Waals surface area (Å²) in [4.78, 5) is 13.0.